The number of carbonyl (C=O) groups excluding carboxylic acids is 1. The second-order valence-corrected chi connectivity index (χ2v) is 7.86. The van der Waals surface area contributed by atoms with Crippen LogP contribution in [0.25, 0.3) is 22.4 Å². The summed E-state index contributed by atoms with van der Waals surface area (Å²) in [5, 5.41) is 3.48. The van der Waals surface area contributed by atoms with E-state index in [-0.39, 0.29) is 5.91 Å². The van der Waals surface area contributed by atoms with Crippen molar-refractivity contribution in [2.24, 2.45) is 0 Å². The number of fused-ring (bicyclic) bond motifs is 1. The fourth-order valence-corrected chi connectivity index (χ4v) is 4.46. The quantitative estimate of drug-likeness (QED) is 0.431. The van der Waals surface area contributed by atoms with E-state index in [9.17, 15) is 4.79 Å². The number of rotatable bonds is 5. The first-order valence-electron chi connectivity index (χ1n) is 8.58. The minimum atomic E-state index is -0.0961. The van der Waals surface area contributed by atoms with Gasteiger partial charge in [-0.1, -0.05) is 12.1 Å². The van der Waals surface area contributed by atoms with Gasteiger partial charge in [0.25, 0.3) is 0 Å². The number of nitrogens with zero attached hydrogens (tertiary/aromatic N) is 3. The number of thiazole rings is 2. The lowest BCUT2D eigenvalue weighted by molar-refractivity contribution is -0.115. The summed E-state index contributed by atoms with van der Waals surface area (Å²) in [7, 11) is 1.61. The van der Waals surface area contributed by atoms with Crippen molar-refractivity contribution < 1.29 is 9.53 Å². The summed E-state index contributed by atoms with van der Waals surface area (Å²) in [6, 6.07) is 15.4. The molecule has 4 rings (SSSR count). The van der Waals surface area contributed by atoms with Crippen molar-refractivity contribution in [3.8, 4) is 5.75 Å². The van der Waals surface area contributed by atoms with Crippen LogP contribution in [0.4, 0.5) is 10.8 Å². The number of hydrogen-bond acceptors (Lipinski definition) is 6. The highest BCUT2D eigenvalue weighted by molar-refractivity contribution is 7.19. The molecule has 4 aromatic rings. The van der Waals surface area contributed by atoms with Gasteiger partial charge in [-0.2, -0.15) is 0 Å². The maximum Gasteiger partial charge on any atom is 0.230 e. The lowest BCUT2D eigenvalue weighted by Crippen LogP contribution is -2.22. The number of hydrogen-bond donors (Lipinski definition) is 0. The van der Waals surface area contributed by atoms with E-state index in [1.165, 1.54) is 18.3 Å². The van der Waals surface area contributed by atoms with Crippen LogP contribution in [0.3, 0.4) is 0 Å². The maximum absolute atomic E-state index is 12.2. The molecule has 0 fully saturated rings. The highest BCUT2D eigenvalue weighted by Gasteiger charge is 2.17. The lowest BCUT2D eigenvalue weighted by Gasteiger charge is -2.18. The first kappa shape index (κ1) is 18.3. The standard InChI is InChI=1S/C21H17N3O2S2/c1-14(25)24(16-8-10-17(26-2)11-9-16)21-22-15(13-27-21)7-12-20-23-18-5-3-4-6-19(18)28-20/h3-13H,1-2H3/b12-7+. The van der Waals surface area contributed by atoms with E-state index >= 15 is 0 Å². The predicted molar refractivity (Wildman–Crippen MR) is 116 cm³/mol. The number of aromatic nitrogens is 2. The number of benzene rings is 2. The molecule has 0 aliphatic carbocycles. The number of para-hydroxylation sites is 1. The molecule has 7 heteroatoms. The van der Waals surface area contributed by atoms with E-state index in [0.717, 1.165) is 32.4 Å². The highest BCUT2D eigenvalue weighted by Crippen LogP contribution is 2.31. The third-order valence-electron chi connectivity index (χ3n) is 4.05. The van der Waals surface area contributed by atoms with Gasteiger partial charge < -0.3 is 4.74 Å². The first-order chi connectivity index (χ1) is 13.6. The van der Waals surface area contributed by atoms with Gasteiger partial charge in [-0.05, 0) is 48.6 Å². The molecule has 0 unspecified atom stereocenters. The molecule has 0 bridgehead atoms. The van der Waals surface area contributed by atoms with Gasteiger partial charge in [-0.25, -0.2) is 9.97 Å². The summed E-state index contributed by atoms with van der Waals surface area (Å²) in [6.07, 6.45) is 3.87. The Hall–Kier alpha value is -3.03. The molecule has 28 heavy (non-hydrogen) atoms. The fourth-order valence-electron chi connectivity index (χ4n) is 2.73. The van der Waals surface area contributed by atoms with Crippen molar-refractivity contribution in [3.63, 3.8) is 0 Å². The zero-order chi connectivity index (χ0) is 19.5. The van der Waals surface area contributed by atoms with E-state index in [0.29, 0.717) is 5.13 Å². The average molecular weight is 408 g/mol. The number of methoxy groups -OCH3 is 1. The Labute approximate surface area is 170 Å². The van der Waals surface area contributed by atoms with Crippen LogP contribution in [-0.2, 0) is 4.79 Å². The van der Waals surface area contributed by atoms with Gasteiger partial charge in [-0.15, -0.1) is 22.7 Å². The molecule has 0 saturated carbocycles. The van der Waals surface area contributed by atoms with Gasteiger partial charge in [0.1, 0.15) is 10.8 Å². The van der Waals surface area contributed by atoms with E-state index in [1.54, 1.807) is 23.3 Å². The topological polar surface area (TPSA) is 55.3 Å². The average Bonchev–Trinajstić information content (AvgIpc) is 3.33. The SMILES string of the molecule is COc1ccc(N(C(C)=O)c2nc(/C=C/c3nc4ccccc4s3)cs2)cc1. The van der Waals surface area contributed by atoms with E-state index in [2.05, 4.69) is 16.0 Å². The number of anilines is 2. The van der Waals surface area contributed by atoms with Crippen molar-refractivity contribution in [1.82, 2.24) is 9.97 Å². The molecule has 0 atom stereocenters. The molecule has 1 amide bonds. The Kier molecular flexibility index (Phi) is 5.18. The van der Waals surface area contributed by atoms with Gasteiger partial charge in [0.05, 0.1) is 28.7 Å². The molecule has 0 aliphatic heterocycles. The van der Waals surface area contributed by atoms with Crippen LogP contribution in [0.5, 0.6) is 5.75 Å². The van der Waals surface area contributed by atoms with E-state index in [1.807, 2.05) is 60.0 Å². The van der Waals surface area contributed by atoms with Crippen LogP contribution in [0.15, 0.2) is 53.9 Å². The zero-order valence-corrected chi connectivity index (χ0v) is 17.0. The van der Waals surface area contributed by atoms with Crippen LogP contribution in [0.1, 0.15) is 17.6 Å². The molecule has 140 valence electrons. The Morgan fingerprint density at radius 1 is 1.07 bits per heavy atom. The van der Waals surface area contributed by atoms with Crippen LogP contribution in [0.2, 0.25) is 0 Å². The summed E-state index contributed by atoms with van der Waals surface area (Å²) in [4.78, 5) is 23.0. The molecular weight excluding hydrogens is 390 g/mol. The molecule has 5 nitrogen and oxygen atoms in total. The van der Waals surface area contributed by atoms with Crippen molar-refractivity contribution in [2.75, 3.05) is 12.0 Å². The third kappa shape index (κ3) is 3.81. The van der Waals surface area contributed by atoms with E-state index < -0.39 is 0 Å². The van der Waals surface area contributed by atoms with Gasteiger partial charge in [0.2, 0.25) is 5.91 Å². The van der Waals surface area contributed by atoms with Crippen LogP contribution in [-0.4, -0.2) is 23.0 Å². The van der Waals surface area contributed by atoms with Gasteiger partial charge in [-0.3, -0.25) is 9.69 Å². The number of carbonyl (C=O) groups is 1. The maximum atomic E-state index is 12.2. The Morgan fingerprint density at radius 2 is 1.86 bits per heavy atom. The number of ether oxygens (including phenoxy) is 1. The molecule has 0 saturated heterocycles. The first-order valence-corrected chi connectivity index (χ1v) is 10.3. The highest BCUT2D eigenvalue weighted by atomic mass is 32.1. The zero-order valence-electron chi connectivity index (χ0n) is 15.3. The van der Waals surface area contributed by atoms with Crippen molar-refractivity contribution in [1.29, 1.82) is 0 Å². The van der Waals surface area contributed by atoms with Gasteiger partial charge >= 0.3 is 0 Å². The minimum absolute atomic E-state index is 0.0961. The summed E-state index contributed by atoms with van der Waals surface area (Å²) in [5.74, 6) is 0.645. The second kappa shape index (κ2) is 7.92. The lowest BCUT2D eigenvalue weighted by atomic mass is 10.3. The Bertz CT molecular complexity index is 1110. The van der Waals surface area contributed by atoms with Gasteiger partial charge in [0.15, 0.2) is 5.13 Å². The summed E-state index contributed by atoms with van der Waals surface area (Å²) in [6.45, 7) is 1.53. The van der Waals surface area contributed by atoms with Crippen LogP contribution in [0, 0.1) is 0 Å². The second-order valence-electron chi connectivity index (χ2n) is 5.96. The summed E-state index contributed by atoms with van der Waals surface area (Å²) in [5.41, 5.74) is 2.54. The third-order valence-corrected chi connectivity index (χ3v) is 5.90. The van der Waals surface area contributed by atoms with Crippen LogP contribution < -0.4 is 9.64 Å². The van der Waals surface area contributed by atoms with E-state index in [4.69, 9.17) is 4.74 Å². The van der Waals surface area contributed by atoms with Crippen molar-refractivity contribution in [2.45, 2.75) is 6.92 Å². The molecule has 2 aromatic heterocycles. The molecule has 2 aromatic carbocycles. The van der Waals surface area contributed by atoms with Gasteiger partial charge in [0, 0.05) is 12.3 Å². The Balaban J connectivity index is 1.58. The predicted octanol–water partition coefficient (Wildman–Crippen LogP) is 5.62. The normalized spacial score (nSPS) is 11.2. The molecule has 0 N–H and O–H groups in total. The molecule has 2 heterocycles. The van der Waals surface area contributed by atoms with Crippen molar-refractivity contribution in [3.05, 3.63) is 64.6 Å². The summed E-state index contributed by atoms with van der Waals surface area (Å²) < 4.78 is 6.34. The minimum Gasteiger partial charge on any atom is -0.497 e. The largest absolute Gasteiger partial charge is 0.497 e. The fraction of sp³-hybridized carbons (Fsp3) is 0.0952. The molecule has 0 radical (unpaired) electrons. The van der Waals surface area contributed by atoms with Crippen molar-refractivity contribution >= 4 is 61.8 Å². The molecule has 0 aliphatic rings. The monoisotopic (exact) mass is 407 g/mol. The smallest absolute Gasteiger partial charge is 0.230 e. The summed E-state index contributed by atoms with van der Waals surface area (Å²) >= 11 is 3.06. The molecule has 0 spiro atoms. The Morgan fingerprint density at radius 3 is 2.57 bits per heavy atom. The molecular formula is C21H17N3O2S2. The van der Waals surface area contributed by atoms with Crippen LogP contribution >= 0.6 is 22.7 Å². The number of amides is 1.